The monoisotopic (exact) mass is 254 g/mol. The first-order chi connectivity index (χ1) is 8.42. The van der Waals surface area contributed by atoms with Crippen LogP contribution in [0.4, 0.5) is 4.39 Å². The molecule has 2 rings (SSSR count). The van der Waals surface area contributed by atoms with Gasteiger partial charge >= 0.3 is 5.97 Å². The lowest BCUT2D eigenvalue weighted by Gasteiger charge is -2.29. The van der Waals surface area contributed by atoms with Gasteiger partial charge in [0.15, 0.2) is 11.5 Å². The summed E-state index contributed by atoms with van der Waals surface area (Å²) in [5, 5.41) is 8.91. The van der Waals surface area contributed by atoms with Gasteiger partial charge in [-0.25, -0.2) is 4.39 Å². The topological polar surface area (TPSA) is 55.8 Å². The number of hydrogen-bond acceptors (Lipinski definition) is 3. The van der Waals surface area contributed by atoms with Gasteiger partial charge in [0, 0.05) is 11.0 Å². The molecule has 18 heavy (non-hydrogen) atoms. The molecule has 1 aromatic rings. The van der Waals surface area contributed by atoms with E-state index in [0.29, 0.717) is 24.7 Å². The third-order valence-electron chi connectivity index (χ3n) is 2.93. The largest absolute Gasteiger partial charge is 0.486 e. The minimum Gasteiger partial charge on any atom is -0.486 e. The number of ether oxygens (including phenoxy) is 2. The summed E-state index contributed by atoms with van der Waals surface area (Å²) in [6.07, 6.45) is -0.177. The number of carboxylic acid groups (broad SMARTS) is 1. The van der Waals surface area contributed by atoms with E-state index in [9.17, 15) is 9.18 Å². The van der Waals surface area contributed by atoms with Crippen LogP contribution in [0.2, 0.25) is 0 Å². The molecule has 1 aliphatic rings. The number of carboxylic acids is 1. The average molecular weight is 254 g/mol. The Morgan fingerprint density at radius 1 is 1.39 bits per heavy atom. The summed E-state index contributed by atoms with van der Waals surface area (Å²) < 4.78 is 24.8. The number of aliphatic carboxylic acids is 1. The maximum absolute atomic E-state index is 14.0. The first kappa shape index (κ1) is 12.7. The van der Waals surface area contributed by atoms with E-state index in [1.165, 1.54) is 12.1 Å². The molecular weight excluding hydrogens is 239 g/mol. The van der Waals surface area contributed by atoms with Gasteiger partial charge < -0.3 is 14.6 Å². The lowest BCUT2D eigenvalue weighted by Crippen LogP contribution is -2.26. The van der Waals surface area contributed by atoms with Gasteiger partial charge in [0.25, 0.3) is 0 Å². The van der Waals surface area contributed by atoms with E-state index in [1.807, 2.05) is 0 Å². The van der Waals surface area contributed by atoms with Crippen molar-refractivity contribution in [1.29, 1.82) is 0 Å². The zero-order valence-corrected chi connectivity index (χ0v) is 10.3. The van der Waals surface area contributed by atoms with Crippen LogP contribution in [-0.2, 0) is 10.2 Å². The molecule has 0 saturated heterocycles. The number of fused-ring (bicyclic) bond motifs is 1. The molecule has 0 aromatic heterocycles. The fourth-order valence-electron chi connectivity index (χ4n) is 2.19. The van der Waals surface area contributed by atoms with Crippen molar-refractivity contribution >= 4 is 5.97 Å². The van der Waals surface area contributed by atoms with Crippen LogP contribution in [0.25, 0.3) is 0 Å². The summed E-state index contributed by atoms with van der Waals surface area (Å²) in [4.78, 5) is 10.9. The number of carbonyl (C=O) groups is 1. The van der Waals surface area contributed by atoms with Crippen molar-refractivity contribution in [2.24, 2.45) is 0 Å². The van der Waals surface area contributed by atoms with E-state index in [-0.39, 0.29) is 12.0 Å². The van der Waals surface area contributed by atoms with Crippen LogP contribution in [0.5, 0.6) is 11.5 Å². The van der Waals surface area contributed by atoms with Gasteiger partial charge in [-0.05, 0) is 12.1 Å². The maximum atomic E-state index is 14.0. The molecular formula is C13H15FO4. The highest BCUT2D eigenvalue weighted by Gasteiger charge is 2.33. The van der Waals surface area contributed by atoms with Crippen molar-refractivity contribution in [3.63, 3.8) is 0 Å². The normalized spacial score (nSPS) is 14.4. The van der Waals surface area contributed by atoms with Crippen LogP contribution in [-0.4, -0.2) is 24.3 Å². The first-order valence-corrected chi connectivity index (χ1v) is 5.72. The molecule has 0 atom stereocenters. The third kappa shape index (κ3) is 2.25. The Hall–Kier alpha value is -1.78. The van der Waals surface area contributed by atoms with E-state index < -0.39 is 17.2 Å². The van der Waals surface area contributed by atoms with Gasteiger partial charge in [0.2, 0.25) is 0 Å². The number of benzene rings is 1. The lowest BCUT2D eigenvalue weighted by atomic mass is 9.80. The molecule has 4 nitrogen and oxygen atoms in total. The molecule has 1 aliphatic heterocycles. The SMILES string of the molecule is CC(C)(CC(=O)O)c1c(F)ccc2c1OCCO2. The van der Waals surface area contributed by atoms with Crippen LogP contribution in [0.15, 0.2) is 12.1 Å². The molecule has 0 aliphatic carbocycles. The number of rotatable bonds is 3. The van der Waals surface area contributed by atoms with Crippen molar-refractivity contribution in [1.82, 2.24) is 0 Å². The Labute approximate surface area is 104 Å². The Bertz CT molecular complexity index is 482. The lowest BCUT2D eigenvalue weighted by molar-refractivity contribution is -0.138. The van der Waals surface area contributed by atoms with Crippen molar-refractivity contribution in [2.45, 2.75) is 25.7 Å². The molecule has 98 valence electrons. The highest BCUT2D eigenvalue weighted by molar-refractivity contribution is 5.69. The van der Waals surface area contributed by atoms with Crippen molar-refractivity contribution in [3.8, 4) is 11.5 Å². The predicted molar refractivity (Wildman–Crippen MR) is 62.7 cm³/mol. The second-order valence-corrected chi connectivity index (χ2v) is 4.90. The molecule has 1 heterocycles. The van der Waals surface area contributed by atoms with Gasteiger partial charge in [-0.3, -0.25) is 4.79 Å². The van der Waals surface area contributed by atoms with Crippen molar-refractivity contribution < 1.29 is 23.8 Å². The average Bonchev–Trinajstić information content (AvgIpc) is 2.26. The summed E-state index contributed by atoms with van der Waals surface area (Å²) in [5.74, 6) is -0.650. The van der Waals surface area contributed by atoms with Crippen molar-refractivity contribution in [3.05, 3.63) is 23.5 Å². The summed E-state index contributed by atoms with van der Waals surface area (Å²) >= 11 is 0. The van der Waals surface area contributed by atoms with Gasteiger partial charge in [0.1, 0.15) is 19.0 Å². The summed E-state index contributed by atoms with van der Waals surface area (Å²) in [6.45, 7) is 4.11. The minimum absolute atomic E-state index is 0.177. The molecule has 0 amide bonds. The number of halogens is 1. The summed E-state index contributed by atoms with van der Waals surface area (Å²) in [5.41, 5.74) is -0.593. The summed E-state index contributed by atoms with van der Waals surface area (Å²) in [6, 6.07) is 2.79. The Balaban J connectivity index is 2.51. The standard InChI is InChI=1S/C13H15FO4/c1-13(2,7-10(15)16)11-8(14)3-4-9-12(11)18-6-5-17-9/h3-4H,5-7H2,1-2H3,(H,15,16). The Morgan fingerprint density at radius 3 is 2.72 bits per heavy atom. The Kier molecular flexibility index (Phi) is 3.15. The van der Waals surface area contributed by atoms with Crippen molar-refractivity contribution in [2.75, 3.05) is 13.2 Å². The van der Waals surface area contributed by atoms with Crippen LogP contribution in [0.1, 0.15) is 25.8 Å². The van der Waals surface area contributed by atoms with Gasteiger partial charge in [0.05, 0.1) is 6.42 Å². The quantitative estimate of drug-likeness (QED) is 0.899. The van der Waals surface area contributed by atoms with E-state index in [1.54, 1.807) is 13.8 Å². The molecule has 0 radical (unpaired) electrons. The van der Waals surface area contributed by atoms with Crippen LogP contribution in [0, 0.1) is 5.82 Å². The molecule has 1 N–H and O–H groups in total. The predicted octanol–water partition coefficient (Wildman–Crippen LogP) is 2.35. The smallest absolute Gasteiger partial charge is 0.304 e. The van der Waals surface area contributed by atoms with Crippen LogP contribution < -0.4 is 9.47 Å². The van der Waals surface area contributed by atoms with E-state index in [2.05, 4.69) is 0 Å². The van der Waals surface area contributed by atoms with Gasteiger partial charge in [-0.2, -0.15) is 0 Å². The molecule has 0 unspecified atom stereocenters. The van der Waals surface area contributed by atoms with Gasteiger partial charge in [-0.15, -0.1) is 0 Å². The molecule has 1 aromatic carbocycles. The van der Waals surface area contributed by atoms with E-state index >= 15 is 0 Å². The highest BCUT2D eigenvalue weighted by Crippen LogP contribution is 2.43. The number of hydrogen-bond donors (Lipinski definition) is 1. The highest BCUT2D eigenvalue weighted by atomic mass is 19.1. The maximum Gasteiger partial charge on any atom is 0.304 e. The van der Waals surface area contributed by atoms with E-state index in [4.69, 9.17) is 14.6 Å². The third-order valence-corrected chi connectivity index (χ3v) is 2.93. The Morgan fingerprint density at radius 2 is 2.06 bits per heavy atom. The minimum atomic E-state index is -0.978. The second-order valence-electron chi connectivity index (χ2n) is 4.90. The summed E-state index contributed by atoms with van der Waals surface area (Å²) in [7, 11) is 0. The second kappa shape index (κ2) is 4.48. The zero-order chi connectivity index (χ0) is 13.3. The molecule has 0 fully saturated rings. The van der Waals surface area contributed by atoms with Crippen LogP contribution in [0.3, 0.4) is 0 Å². The van der Waals surface area contributed by atoms with E-state index in [0.717, 1.165) is 0 Å². The first-order valence-electron chi connectivity index (χ1n) is 5.72. The fraction of sp³-hybridized carbons (Fsp3) is 0.462. The fourth-order valence-corrected chi connectivity index (χ4v) is 2.19. The molecule has 0 bridgehead atoms. The van der Waals surface area contributed by atoms with Gasteiger partial charge in [-0.1, -0.05) is 13.8 Å². The molecule has 0 saturated carbocycles. The molecule has 0 spiro atoms. The molecule has 5 heteroatoms. The van der Waals surface area contributed by atoms with Crippen LogP contribution >= 0.6 is 0 Å². The zero-order valence-electron chi connectivity index (χ0n) is 10.3.